The summed E-state index contributed by atoms with van der Waals surface area (Å²) in [4.78, 5) is 29.2. The SMILES string of the molecule is C=C(CCCCN=C=O)C(N=C=O)(c1ccccc1)c1ccccc1. The van der Waals surface area contributed by atoms with Crippen molar-refractivity contribution in [2.24, 2.45) is 9.98 Å². The Hall–Kier alpha value is -3.06. The van der Waals surface area contributed by atoms with Crippen molar-refractivity contribution in [2.75, 3.05) is 6.54 Å². The van der Waals surface area contributed by atoms with Gasteiger partial charge in [0.15, 0.2) is 0 Å². The second kappa shape index (κ2) is 9.29. The molecule has 0 amide bonds. The first kappa shape index (κ1) is 18.3. The molecule has 0 aliphatic carbocycles. The van der Waals surface area contributed by atoms with Crippen molar-refractivity contribution in [1.29, 1.82) is 0 Å². The third-order valence-electron chi connectivity index (χ3n) is 4.17. The largest absolute Gasteiger partial charge is 0.236 e. The number of hydrogen-bond acceptors (Lipinski definition) is 4. The van der Waals surface area contributed by atoms with Gasteiger partial charge in [-0.1, -0.05) is 67.2 Å². The number of hydrogen-bond donors (Lipinski definition) is 0. The van der Waals surface area contributed by atoms with Crippen LogP contribution in [0.4, 0.5) is 0 Å². The summed E-state index contributed by atoms with van der Waals surface area (Å²) in [7, 11) is 0. The van der Waals surface area contributed by atoms with Gasteiger partial charge in [-0.3, -0.25) is 0 Å². The van der Waals surface area contributed by atoms with Crippen LogP contribution in [0.5, 0.6) is 0 Å². The highest BCUT2D eigenvalue weighted by Gasteiger charge is 2.36. The van der Waals surface area contributed by atoms with Crippen LogP contribution in [0, 0.1) is 0 Å². The molecule has 0 spiro atoms. The van der Waals surface area contributed by atoms with Gasteiger partial charge in [0.05, 0.1) is 6.54 Å². The molecule has 0 heterocycles. The molecule has 0 aliphatic heterocycles. The molecule has 4 nitrogen and oxygen atoms in total. The number of unbranched alkanes of at least 4 members (excludes halogenated alkanes) is 1. The second-order valence-corrected chi connectivity index (χ2v) is 5.68. The molecule has 0 unspecified atom stereocenters. The van der Waals surface area contributed by atoms with E-state index in [1.54, 1.807) is 12.2 Å². The third kappa shape index (κ3) is 4.27. The zero-order chi connectivity index (χ0) is 18.0. The first-order valence-corrected chi connectivity index (χ1v) is 8.17. The Labute approximate surface area is 147 Å². The summed E-state index contributed by atoms with van der Waals surface area (Å²) in [6.07, 6.45) is 5.48. The molecule has 2 rings (SSSR count). The molecule has 0 fully saturated rings. The normalized spacial score (nSPS) is 10.4. The number of carbonyl (C=O) groups excluding carboxylic acids is 2. The molecule has 0 bridgehead atoms. The molecule has 4 heteroatoms. The Morgan fingerprint density at radius 1 is 0.880 bits per heavy atom. The van der Waals surface area contributed by atoms with Gasteiger partial charge < -0.3 is 0 Å². The molecule has 0 saturated heterocycles. The van der Waals surface area contributed by atoms with Crippen molar-refractivity contribution in [1.82, 2.24) is 0 Å². The van der Waals surface area contributed by atoms with Crippen molar-refractivity contribution in [3.05, 3.63) is 83.9 Å². The summed E-state index contributed by atoms with van der Waals surface area (Å²) in [5, 5.41) is 0. The molecule has 126 valence electrons. The summed E-state index contributed by atoms with van der Waals surface area (Å²) >= 11 is 0. The Kier molecular flexibility index (Phi) is 6.79. The summed E-state index contributed by atoms with van der Waals surface area (Å²) in [5.74, 6) is 0. The van der Waals surface area contributed by atoms with Gasteiger partial charge in [-0.25, -0.2) is 14.6 Å². The van der Waals surface area contributed by atoms with E-state index < -0.39 is 5.54 Å². The van der Waals surface area contributed by atoms with Gasteiger partial charge in [0.2, 0.25) is 12.2 Å². The van der Waals surface area contributed by atoms with Crippen LogP contribution in [0.3, 0.4) is 0 Å². The van der Waals surface area contributed by atoms with Gasteiger partial charge in [0.1, 0.15) is 5.54 Å². The van der Waals surface area contributed by atoms with Crippen LogP contribution in [0.1, 0.15) is 30.4 Å². The molecule has 0 atom stereocenters. The molecule has 2 aromatic rings. The zero-order valence-corrected chi connectivity index (χ0v) is 14.0. The summed E-state index contributed by atoms with van der Waals surface area (Å²) in [5.41, 5.74) is 1.60. The van der Waals surface area contributed by atoms with Crippen LogP contribution in [-0.4, -0.2) is 18.7 Å². The Balaban J connectivity index is 2.42. The maximum absolute atomic E-state index is 11.3. The maximum Gasteiger partial charge on any atom is 0.236 e. The Bertz CT molecular complexity index is 748. The number of aliphatic imine (C=N–C) groups is 2. The highest BCUT2D eigenvalue weighted by atomic mass is 16.1. The molecule has 0 saturated carbocycles. The number of benzene rings is 2. The lowest BCUT2D eigenvalue weighted by Crippen LogP contribution is -2.27. The highest BCUT2D eigenvalue weighted by molar-refractivity contribution is 5.52. The van der Waals surface area contributed by atoms with E-state index in [1.807, 2.05) is 60.7 Å². The van der Waals surface area contributed by atoms with Crippen LogP contribution < -0.4 is 0 Å². The molecular weight excluding hydrogens is 312 g/mol. The van der Waals surface area contributed by atoms with Crippen LogP contribution in [0.15, 0.2) is 82.8 Å². The molecule has 0 N–H and O–H groups in total. The van der Waals surface area contributed by atoms with Gasteiger partial charge in [-0.05, 0) is 36.0 Å². The van der Waals surface area contributed by atoms with Crippen molar-refractivity contribution in [3.63, 3.8) is 0 Å². The molecule has 25 heavy (non-hydrogen) atoms. The van der Waals surface area contributed by atoms with E-state index in [0.29, 0.717) is 13.0 Å². The zero-order valence-electron chi connectivity index (χ0n) is 14.0. The standard InChI is InChI=1S/C21H20N2O2/c1-18(10-8-9-15-22-16-24)21(23-17-25,19-11-4-2-5-12-19)20-13-6-3-7-14-20/h2-7,11-14H,1,8-10,15H2. The monoisotopic (exact) mass is 332 g/mol. The minimum atomic E-state index is -0.960. The molecule has 0 radical (unpaired) electrons. The van der Waals surface area contributed by atoms with E-state index >= 15 is 0 Å². The average Bonchev–Trinajstić information content (AvgIpc) is 2.67. The summed E-state index contributed by atoms with van der Waals surface area (Å²) in [6, 6.07) is 19.3. The molecule has 0 aliphatic rings. The minimum Gasteiger partial charge on any atom is -0.211 e. The van der Waals surface area contributed by atoms with Crippen molar-refractivity contribution >= 4 is 12.2 Å². The fourth-order valence-electron chi connectivity index (χ4n) is 2.97. The van der Waals surface area contributed by atoms with Gasteiger partial charge in [-0.2, -0.15) is 4.99 Å². The fraction of sp³-hybridized carbons (Fsp3) is 0.238. The van der Waals surface area contributed by atoms with Gasteiger partial charge in [0, 0.05) is 0 Å². The van der Waals surface area contributed by atoms with Crippen LogP contribution >= 0.6 is 0 Å². The Morgan fingerprint density at radius 3 is 1.92 bits per heavy atom. The Morgan fingerprint density at radius 2 is 1.44 bits per heavy atom. The lowest BCUT2D eigenvalue weighted by molar-refractivity contribution is 0.539. The van der Waals surface area contributed by atoms with E-state index in [-0.39, 0.29) is 0 Å². The smallest absolute Gasteiger partial charge is 0.211 e. The first-order valence-electron chi connectivity index (χ1n) is 8.17. The number of rotatable bonds is 9. The van der Waals surface area contributed by atoms with E-state index in [4.69, 9.17) is 0 Å². The summed E-state index contributed by atoms with van der Waals surface area (Å²) in [6.45, 7) is 4.68. The van der Waals surface area contributed by atoms with Crippen molar-refractivity contribution < 1.29 is 9.59 Å². The topological polar surface area (TPSA) is 58.9 Å². The lowest BCUT2D eigenvalue weighted by Gasteiger charge is -2.32. The lowest BCUT2D eigenvalue weighted by atomic mass is 9.76. The average molecular weight is 332 g/mol. The maximum atomic E-state index is 11.3. The fourth-order valence-corrected chi connectivity index (χ4v) is 2.97. The van der Waals surface area contributed by atoms with Crippen LogP contribution in [0.25, 0.3) is 0 Å². The number of isocyanates is 2. The molecular formula is C21H20N2O2. The number of nitrogens with zero attached hydrogens (tertiary/aromatic N) is 2. The van der Waals surface area contributed by atoms with Crippen molar-refractivity contribution in [2.45, 2.75) is 24.8 Å². The van der Waals surface area contributed by atoms with E-state index in [1.165, 1.54) is 0 Å². The molecule has 2 aromatic carbocycles. The second-order valence-electron chi connectivity index (χ2n) is 5.68. The summed E-state index contributed by atoms with van der Waals surface area (Å²) < 4.78 is 0. The van der Waals surface area contributed by atoms with Gasteiger partial charge >= 0.3 is 0 Å². The van der Waals surface area contributed by atoms with Gasteiger partial charge in [0.25, 0.3) is 0 Å². The van der Waals surface area contributed by atoms with E-state index in [2.05, 4.69) is 16.6 Å². The quantitative estimate of drug-likeness (QED) is 0.297. The highest BCUT2D eigenvalue weighted by Crippen LogP contribution is 2.41. The van der Waals surface area contributed by atoms with Gasteiger partial charge in [-0.15, -0.1) is 0 Å². The van der Waals surface area contributed by atoms with E-state index in [0.717, 1.165) is 29.5 Å². The predicted molar refractivity (Wildman–Crippen MR) is 97.8 cm³/mol. The molecule has 0 aromatic heterocycles. The van der Waals surface area contributed by atoms with Crippen molar-refractivity contribution in [3.8, 4) is 0 Å². The minimum absolute atomic E-state index is 0.442. The van der Waals surface area contributed by atoms with Crippen LogP contribution in [-0.2, 0) is 15.1 Å². The van der Waals surface area contributed by atoms with Crippen LogP contribution in [0.2, 0.25) is 0 Å². The first-order chi connectivity index (χ1) is 12.3. The predicted octanol–water partition coefficient (Wildman–Crippen LogP) is 4.33. The third-order valence-corrected chi connectivity index (χ3v) is 4.17. The van der Waals surface area contributed by atoms with E-state index in [9.17, 15) is 9.59 Å².